The van der Waals surface area contributed by atoms with E-state index in [1.165, 1.54) is 12.4 Å². The second-order valence-electron chi connectivity index (χ2n) is 5.70. The largest absolute Gasteiger partial charge is 0.284 e. The lowest BCUT2D eigenvalue weighted by Gasteiger charge is -2.23. The van der Waals surface area contributed by atoms with Crippen LogP contribution in [0, 0.1) is 11.8 Å². The predicted molar refractivity (Wildman–Crippen MR) is 76.3 cm³/mol. The molecule has 0 saturated heterocycles. The number of aromatic nitrogens is 2. The van der Waals surface area contributed by atoms with Gasteiger partial charge in [-0.1, -0.05) is 27.7 Å². The van der Waals surface area contributed by atoms with Crippen LogP contribution in [0.3, 0.4) is 0 Å². The summed E-state index contributed by atoms with van der Waals surface area (Å²) in [4.78, 5) is 0.250. The lowest BCUT2D eigenvalue weighted by atomic mass is 10.1. The molecule has 0 saturated carbocycles. The van der Waals surface area contributed by atoms with Crippen LogP contribution in [0.15, 0.2) is 17.3 Å². The molecule has 19 heavy (non-hydrogen) atoms. The Morgan fingerprint density at radius 3 is 2.05 bits per heavy atom. The van der Waals surface area contributed by atoms with Gasteiger partial charge < -0.3 is 0 Å². The van der Waals surface area contributed by atoms with E-state index >= 15 is 0 Å². The number of nitrogens with zero attached hydrogens (tertiary/aromatic N) is 2. The van der Waals surface area contributed by atoms with E-state index in [4.69, 9.17) is 0 Å². The van der Waals surface area contributed by atoms with E-state index in [0.29, 0.717) is 24.9 Å². The SMILES string of the molecule is CC(C)CCN(CCC(C)C)S(=O)(=O)c1cn[nH]c1. The first-order chi connectivity index (χ1) is 8.84. The Morgan fingerprint density at radius 1 is 1.16 bits per heavy atom. The van der Waals surface area contributed by atoms with Crippen LogP contribution in [0.1, 0.15) is 40.5 Å². The summed E-state index contributed by atoms with van der Waals surface area (Å²) in [5.74, 6) is 0.974. The van der Waals surface area contributed by atoms with Crippen molar-refractivity contribution in [2.45, 2.75) is 45.4 Å². The molecule has 0 unspecified atom stereocenters. The first-order valence-corrected chi connectivity index (χ1v) is 8.27. The summed E-state index contributed by atoms with van der Waals surface area (Å²) in [6.45, 7) is 9.54. The van der Waals surface area contributed by atoms with Crippen molar-refractivity contribution < 1.29 is 8.42 Å². The normalized spacial score (nSPS) is 12.8. The molecule has 0 aliphatic carbocycles. The summed E-state index contributed by atoms with van der Waals surface area (Å²) in [6.07, 6.45) is 4.55. The molecule has 0 aliphatic heterocycles. The number of hydrogen-bond donors (Lipinski definition) is 1. The Bertz CT molecular complexity index is 440. The predicted octanol–water partition coefficient (Wildman–Crippen LogP) is 2.49. The molecular weight excluding hydrogens is 262 g/mol. The summed E-state index contributed by atoms with van der Waals surface area (Å²) in [6, 6.07) is 0. The fraction of sp³-hybridized carbons (Fsp3) is 0.769. The fourth-order valence-electron chi connectivity index (χ4n) is 1.69. The molecule has 5 nitrogen and oxygen atoms in total. The number of H-pyrrole nitrogens is 1. The summed E-state index contributed by atoms with van der Waals surface area (Å²) < 4.78 is 26.6. The van der Waals surface area contributed by atoms with Crippen molar-refractivity contribution in [1.29, 1.82) is 0 Å². The number of nitrogens with one attached hydrogen (secondary N) is 1. The molecule has 0 spiro atoms. The van der Waals surface area contributed by atoms with E-state index in [1.807, 2.05) is 0 Å². The molecule has 0 aliphatic rings. The highest BCUT2D eigenvalue weighted by Crippen LogP contribution is 2.17. The van der Waals surface area contributed by atoms with Crippen LogP contribution in [0.5, 0.6) is 0 Å². The molecule has 0 bridgehead atoms. The van der Waals surface area contributed by atoms with Gasteiger partial charge in [-0.2, -0.15) is 9.40 Å². The average Bonchev–Trinajstić information content (AvgIpc) is 2.81. The third-order valence-corrected chi connectivity index (χ3v) is 4.89. The summed E-state index contributed by atoms with van der Waals surface area (Å²) in [7, 11) is -3.41. The molecule has 0 fully saturated rings. The Labute approximate surface area is 116 Å². The van der Waals surface area contributed by atoms with Crippen molar-refractivity contribution >= 4 is 10.0 Å². The van der Waals surface area contributed by atoms with Crippen LogP contribution in [-0.2, 0) is 10.0 Å². The maximum absolute atomic E-state index is 12.5. The van der Waals surface area contributed by atoms with Gasteiger partial charge in [0, 0.05) is 19.3 Å². The molecule has 0 aromatic carbocycles. The number of aromatic amines is 1. The molecule has 1 N–H and O–H groups in total. The number of rotatable bonds is 8. The van der Waals surface area contributed by atoms with E-state index in [9.17, 15) is 8.42 Å². The summed E-state index contributed by atoms with van der Waals surface area (Å²) >= 11 is 0. The van der Waals surface area contributed by atoms with Crippen molar-refractivity contribution in [2.75, 3.05) is 13.1 Å². The van der Waals surface area contributed by atoms with Gasteiger partial charge in [-0.3, -0.25) is 5.10 Å². The number of sulfonamides is 1. The molecule has 0 atom stereocenters. The first kappa shape index (κ1) is 16.2. The van der Waals surface area contributed by atoms with Crippen molar-refractivity contribution in [1.82, 2.24) is 14.5 Å². The van der Waals surface area contributed by atoms with Crippen molar-refractivity contribution in [2.24, 2.45) is 11.8 Å². The molecule has 0 radical (unpaired) electrons. The summed E-state index contributed by atoms with van der Waals surface area (Å²) in [5, 5.41) is 6.30. The van der Waals surface area contributed by atoms with Gasteiger partial charge in [-0.05, 0) is 24.7 Å². The molecule has 1 aromatic heterocycles. The standard InChI is InChI=1S/C13H25N3O2S/c1-11(2)5-7-16(8-6-12(3)4)19(17,18)13-9-14-15-10-13/h9-12H,5-8H2,1-4H3,(H,14,15). The van der Waals surface area contributed by atoms with Gasteiger partial charge in [-0.25, -0.2) is 8.42 Å². The summed E-state index contributed by atoms with van der Waals surface area (Å²) in [5.41, 5.74) is 0. The van der Waals surface area contributed by atoms with E-state index in [0.717, 1.165) is 12.8 Å². The van der Waals surface area contributed by atoms with Crippen molar-refractivity contribution in [3.05, 3.63) is 12.4 Å². The highest BCUT2D eigenvalue weighted by atomic mass is 32.2. The highest BCUT2D eigenvalue weighted by Gasteiger charge is 2.25. The van der Waals surface area contributed by atoms with E-state index in [2.05, 4.69) is 37.9 Å². The highest BCUT2D eigenvalue weighted by molar-refractivity contribution is 7.89. The van der Waals surface area contributed by atoms with E-state index < -0.39 is 10.0 Å². The third-order valence-electron chi connectivity index (χ3n) is 3.02. The Hall–Kier alpha value is -0.880. The lowest BCUT2D eigenvalue weighted by Crippen LogP contribution is -2.34. The average molecular weight is 287 g/mol. The van der Waals surface area contributed by atoms with Crippen LogP contribution >= 0.6 is 0 Å². The van der Waals surface area contributed by atoms with Gasteiger partial charge in [-0.15, -0.1) is 0 Å². The van der Waals surface area contributed by atoms with Crippen LogP contribution in [0.2, 0.25) is 0 Å². The molecule has 1 rings (SSSR count). The lowest BCUT2D eigenvalue weighted by molar-refractivity contribution is 0.357. The minimum Gasteiger partial charge on any atom is -0.284 e. The number of hydrogen-bond acceptors (Lipinski definition) is 3. The van der Waals surface area contributed by atoms with Crippen LogP contribution in [0.25, 0.3) is 0 Å². The quantitative estimate of drug-likeness (QED) is 0.799. The van der Waals surface area contributed by atoms with Crippen LogP contribution in [-0.4, -0.2) is 36.0 Å². The van der Waals surface area contributed by atoms with Gasteiger partial charge in [0.25, 0.3) is 0 Å². The van der Waals surface area contributed by atoms with Crippen LogP contribution < -0.4 is 0 Å². The Balaban J connectivity index is 2.82. The molecule has 0 amide bonds. The smallest absolute Gasteiger partial charge is 0.246 e. The molecular formula is C13H25N3O2S. The fourth-order valence-corrected chi connectivity index (χ4v) is 3.06. The maximum atomic E-state index is 12.5. The van der Waals surface area contributed by atoms with Gasteiger partial charge in [0.05, 0.1) is 6.20 Å². The minimum absolute atomic E-state index is 0.250. The zero-order valence-electron chi connectivity index (χ0n) is 12.3. The zero-order chi connectivity index (χ0) is 14.5. The Morgan fingerprint density at radius 2 is 1.68 bits per heavy atom. The van der Waals surface area contributed by atoms with Crippen LogP contribution in [0.4, 0.5) is 0 Å². The van der Waals surface area contributed by atoms with Gasteiger partial charge in [0.2, 0.25) is 10.0 Å². The first-order valence-electron chi connectivity index (χ1n) is 6.83. The second kappa shape index (κ2) is 7.05. The molecule has 6 heteroatoms. The van der Waals surface area contributed by atoms with Gasteiger partial charge in [0.15, 0.2) is 0 Å². The monoisotopic (exact) mass is 287 g/mol. The molecule has 110 valence electrons. The Kier molecular flexibility index (Phi) is 6.00. The van der Waals surface area contributed by atoms with E-state index in [-0.39, 0.29) is 4.90 Å². The molecule has 1 heterocycles. The van der Waals surface area contributed by atoms with Crippen molar-refractivity contribution in [3.63, 3.8) is 0 Å². The zero-order valence-corrected chi connectivity index (χ0v) is 13.1. The van der Waals surface area contributed by atoms with E-state index in [1.54, 1.807) is 4.31 Å². The maximum Gasteiger partial charge on any atom is 0.246 e. The van der Waals surface area contributed by atoms with Gasteiger partial charge >= 0.3 is 0 Å². The van der Waals surface area contributed by atoms with Crippen molar-refractivity contribution in [3.8, 4) is 0 Å². The van der Waals surface area contributed by atoms with Gasteiger partial charge in [0.1, 0.15) is 4.90 Å². The minimum atomic E-state index is -3.41. The molecule has 1 aromatic rings. The second-order valence-corrected chi connectivity index (χ2v) is 7.64. The topological polar surface area (TPSA) is 66.1 Å². The third kappa shape index (κ3) is 4.95.